The fourth-order valence-electron chi connectivity index (χ4n) is 3.00. The molecule has 0 aromatic heterocycles. The number of carbonyl (C=O) groups is 3. The van der Waals surface area contributed by atoms with Crippen LogP contribution in [0.1, 0.15) is 39.9 Å². The second-order valence-electron chi connectivity index (χ2n) is 6.46. The second kappa shape index (κ2) is 7.30. The Hall–Kier alpha value is -2.66. The zero-order valence-corrected chi connectivity index (χ0v) is 15.4. The molecular weight excluding hydrogens is 352 g/mol. The van der Waals surface area contributed by atoms with Crippen molar-refractivity contribution in [1.82, 2.24) is 4.90 Å². The molecule has 1 aliphatic heterocycles. The minimum absolute atomic E-state index is 0.152. The molecule has 0 aliphatic carbocycles. The van der Waals surface area contributed by atoms with Crippen molar-refractivity contribution >= 4 is 35.0 Å². The summed E-state index contributed by atoms with van der Waals surface area (Å²) in [7, 11) is 0. The molecule has 2 aromatic carbocycles. The second-order valence-corrected chi connectivity index (χ2v) is 6.87. The molecule has 1 aliphatic rings. The van der Waals surface area contributed by atoms with Crippen molar-refractivity contribution in [3.8, 4) is 0 Å². The Balaban J connectivity index is 1.71. The Kier molecular flexibility index (Phi) is 5.09. The molecule has 1 fully saturated rings. The minimum atomic E-state index is -0.265. The van der Waals surface area contributed by atoms with Crippen LogP contribution >= 0.6 is 11.6 Å². The number of aryl methyl sites for hydroxylation is 2. The largest absolute Gasteiger partial charge is 0.320 e. The maximum absolute atomic E-state index is 12.5. The van der Waals surface area contributed by atoms with Gasteiger partial charge in [0.1, 0.15) is 0 Å². The average Bonchev–Trinajstić information content (AvgIpc) is 2.90. The third kappa shape index (κ3) is 3.78. The maximum Gasteiger partial charge on any atom is 0.255 e. The molecule has 1 saturated heterocycles. The number of hydrogen-bond donors (Lipinski definition) is 1. The number of halogens is 1. The summed E-state index contributed by atoms with van der Waals surface area (Å²) in [5.41, 5.74) is 3.80. The van der Waals surface area contributed by atoms with Gasteiger partial charge in [-0.15, -0.1) is 0 Å². The fraction of sp³-hybridized carbons (Fsp3) is 0.250. The molecule has 134 valence electrons. The Bertz CT molecular complexity index is 851. The number of nitrogens with zero attached hydrogens (tertiary/aromatic N) is 1. The van der Waals surface area contributed by atoms with Crippen LogP contribution in [0.25, 0.3) is 0 Å². The van der Waals surface area contributed by atoms with Crippen molar-refractivity contribution in [2.45, 2.75) is 33.2 Å². The van der Waals surface area contributed by atoms with Gasteiger partial charge in [0.05, 0.1) is 17.3 Å². The van der Waals surface area contributed by atoms with Crippen molar-refractivity contribution < 1.29 is 14.4 Å². The molecule has 2 aromatic rings. The lowest BCUT2D eigenvalue weighted by atomic mass is 10.1. The number of nitrogens with one attached hydrogen (secondary N) is 1. The summed E-state index contributed by atoms with van der Waals surface area (Å²) in [6, 6.07) is 10.6. The van der Waals surface area contributed by atoms with Gasteiger partial charge in [-0.25, -0.2) is 0 Å². The molecular formula is C20H19ClN2O3. The van der Waals surface area contributed by atoms with E-state index in [1.807, 2.05) is 19.9 Å². The van der Waals surface area contributed by atoms with E-state index in [-0.39, 0.29) is 37.1 Å². The van der Waals surface area contributed by atoms with Gasteiger partial charge >= 0.3 is 0 Å². The van der Waals surface area contributed by atoms with E-state index >= 15 is 0 Å². The molecule has 0 atom stereocenters. The maximum atomic E-state index is 12.5. The van der Waals surface area contributed by atoms with Crippen LogP contribution in [-0.2, 0) is 16.1 Å². The summed E-state index contributed by atoms with van der Waals surface area (Å²) in [5.74, 6) is -0.568. The van der Waals surface area contributed by atoms with E-state index in [4.69, 9.17) is 11.6 Å². The van der Waals surface area contributed by atoms with Gasteiger partial charge in [0, 0.05) is 18.4 Å². The topological polar surface area (TPSA) is 66.5 Å². The molecule has 26 heavy (non-hydrogen) atoms. The molecule has 5 nitrogen and oxygen atoms in total. The molecule has 6 heteroatoms. The normalized spacial score (nSPS) is 14.0. The van der Waals surface area contributed by atoms with Crippen LogP contribution < -0.4 is 5.32 Å². The summed E-state index contributed by atoms with van der Waals surface area (Å²) < 4.78 is 0. The van der Waals surface area contributed by atoms with Gasteiger partial charge in [-0.05, 0) is 48.7 Å². The van der Waals surface area contributed by atoms with Gasteiger partial charge in [0.25, 0.3) is 5.91 Å². The lowest BCUT2D eigenvalue weighted by Crippen LogP contribution is -2.28. The van der Waals surface area contributed by atoms with Crippen molar-refractivity contribution in [2.24, 2.45) is 0 Å². The first-order valence-electron chi connectivity index (χ1n) is 8.35. The average molecular weight is 371 g/mol. The first-order valence-corrected chi connectivity index (χ1v) is 8.73. The Labute approximate surface area is 156 Å². The van der Waals surface area contributed by atoms with Crippen LogP contribution in [0.15, 0.2) is 36.4 Å². The minimum Gasteiger partial charge on any atom is -0.320 e. The standard InChI is InChI=1S/C20H19ClN2O3/c1-12-9-13(2)19(16(21)10-12)22-20(26)15-5-3-14(4-6-15)11-23-17(24)7-8-18(23)25/h3-6,9-10H,7-8,11H2,1-2H3,(H,22,26). The molecule has 1 N–H and O–H groups in total. The number of imide groups is 1. The summed E-state index contributed by atoms with van der Waals surface area (Å²) in [6.07, 6.45) is 0.548. The zero-order valence-electron chi connectivity index (χ0n) is 14.6. The highest BCUT2D eigenvalue weighted by molar-refractivity contribution is 6.34. The van der Waals surface area contributed by atoms with Gasteiger partial charge in [0.15, 0.2) is 0 Å². The third-order valence-corrected chi connectivity index (χ3v) is 4.68. The van der Waals surface area contributed by atoms with E-state index in [9.17, 15) is 14.4 Å². The molecule has 1 heterocycles. The first kappa shape index (κ1) is 18.1. The van der Waals surface area contributed by atoms with Gasteiger partial charge in [-0.2, -0.15) is 0 Å². The number of hydrogen-bond acceptors (Lipinski definition) is 3. The lowest BCUT2D eigenvalue weighted by Gasteiger charge is -2.14. The molecule has 0 spiro atoms. The summed E-state index contributed by atoms with van der Waals surface area (Å²) >= 11 is 6.23. The quantitative estimate of drug-likeness (QED) is 0.831. The number of likely N-dealkylation sites (tertiary alicyclic amines) is 1. The number of benzene rings is 2. The van der Waals surface area contributed by atoms with E-state index in [2.05, 4.69) is 5.32 Å². The van der Waals surface area contributed by atoms with Crippen LogP contribution in [0.5, 0.6) is 0 Å². The van der Waals surface area contributed by atoms with Crippen LogP contribution in [0.2, 0.25) is 5.02 Å². The van der Waals surface area contributed by atoms with Crippen molar-refractivity contribution in [3.05, 3.63) is 63.7 Å². The predicted molar refractivity (Wildman–Crippen MR) is 100 cm³/mol. The van der Waals surface area contributed by atoms with E-state index in [1.54, 1.807) is 30.3 Å². The third-order valence-electron chi connectivity index (χ3n) is 4.38. The fourth-order valence-corrected chi connectivity index (χ4v) is 3.37. The van der Waals surface area contributed by atoms with Crippen molar-refractivity contribution in [1.29, 1.82) is 0 Å². The number of amides is 3. The Morgan fingerprint density at radius 3 is 2.27 bits per heavy atom. The van der Waals surface area contributed by atoms with Crippen molar-refractivity contribution in [3.63, 3.8) is 0 Å². The molecule has 0 radical (unpaired) electrons. The highest BCUT2D eigenvalue weighted by atomic mass is 35.5. The summed E-state index contributed by atoms with van der Waals surface area (Å²) in [4.78, 5) is 37.1. The number of rotatable bonds is 4. The van der Waals surface area contributed by atoms with E-state index < -0.39 is 0 Å². The smallest absolute Gasteiger partial charge is 0.255 e. The SMILES string of the molecule is Cc1cc(C)c(NC(=O)c2ccc(CN3C(=O)CCC3=O)cc2)c(Cl)c1. The monoisotopic (exact) mass is 370 g/mol. The van der Waals surface area contributed by atoms with Crippen molar-refractivity contribution in [2.75, 3.05) is 5.32 Å². The van der Waals surface area contributed by atoms with E-state index in [1.165, 1.54) is 4.90 Å². The first-order chi connectivity index (χ1) is 12.3. The lowest BCUT2D eigenvalue weighted by molar-refractivity contribution is -0.139. The highest BCUT2D eigenvalue weighted by Crippen LogP contribution is 2.28. The highest BCUT2D eigenvalue weighted by Gasteiger charge is 2.28. The van der Waals surface area contributed by atoms with Gasteiger partial charge in [-0.1, -0.05) is 29.8 Å². The van der Waals surface area contributed by atoms with Gasteiger partial charge in [-0.3, -0.25) is 19.3 Å². The molecule has 0 unspecified atom stereocenters. The summed E-state index contributed by atoms with van der Waals surface area (Å²) in [5, 5.41) is 3.34. The molecule has 0 bridgehead atoms. The van der Waals surface area contributed by atoms with Gasteiger partial charge in [0.2, 0.25) is 11.8 Å². The Morgan fingerprint density at radius 1 is 1.08 bits per heavy atom. The van der Waals surface area contributed by atoms with Crippen LogP contribution in [0, 0.1) is 13.8 Å². The zero-order chi connectivity index (χ0) is 18.8. The van der Waals surface area contributed by atoms with E-state index in [0.29, 0.717) is 16.3 Å². The molecule has 0 saturated carbocycles. The molecule has 3 rings (SSSR count). The van der Waals surface area contributed by atoms with E-state index in [0.717, 1.165) is 16.7 Å². The van der Waals surface area contributed by atoms with Crippen LogP contribution in [0.4, 0.5) is 5.69 Å². The Morgan fingerprint density at radius 2 is 1.69 bits per heavy atom. The predicted octanol–water partition coefficient (Wildman–Crippen LogP) is 3.86. The molecule has 3 amide bonds. The van der Waals surface area contributed by atoms with Gasteiger partial charge < -0.3 is 5.32 Å². The summed E-state index contributed by atoms with van der Waals surface area (Å²) in [6.45, 7) is 4.07. The van der Waals surface area contributed by atoms with Crippen LogP contribution in [-0.4, -0.2) is 22.6 Å². The number of anilines is 1. The van der Waals surface area contributed by atoms with Crippen LogP contribution in [0.3, 0.4) is 0 Å². The number of carbonyl (C=O) groups excluding carboxylic acids is 3.